The minimum absolute atomic E-state index is 0.0775. The van der Waals surface area contributed by atoms with Gasteiger partial charge in [-0.05, 0) is 43.7 Å². The number of hydrazine groups is 1. The summed E-state index contributed by atoms with van der Waals surface area (Å²) in [6.07, 6.45) is 0. The van der Waals surface area contributed by atoms with E-state index < -0.39 is 21.8 Å². The number of amides is 2. The van der Waals surface area contributed by atoms with E-state index in [2.05, 4.69) is 10.9 Å². The smallest absolute Gasteiger partial charge is 0.267 e. The summed E-state index contributed by atoms with van der Waals surface area (Å²) in [6, 6.07) is 11.3. The second-order valence-electron chi connectivity index (χ2n) is 6.34. The molecule has 0 fully saturated rings. The molecule has 0 spiro atoms. The monoisotopic (exact) mass is 403 g/mol. The number of carbonyl (C=O) groups excluding carboxylic acids is 2. The first-order valence-electron chi connectivity index (χ1n) is 8.98. The van der Waals surface area contributed by atoms with Crippen molar-refractivity contribution in [2.24, 2.45) is 0 Å². The van der Waals surface area contributed by atoms with E-state index in [1.165, 1.54) is 16.4 Å². The van der Waals surface area contributed by atoms with E-state index in [1.54, 1.807) is 51.1 Å². The lowest BCUT2D eigenvalue weighted by atomic mass is 10.1. The van der Waals surface area contributed by atoms with E-state index in [9.17, 15) is 18.0 Å². The highest BCUT2D eigenvalue weighted by molar-refractivity contribution is 7.89. The SMILES string of the molecule is CCN(CC)S(=O)(=O)c1cc(C(=O)NNC(=O)c2ccc(C)cc2)ccc1C. The van der Waals surface area contributed by atoms with Gasteiger partial charge in [0.2, 0.25) is 10.0 Å². The Labute approximate surface area is 165 Å². The summed E-state index contributed by atoms with van der Waals surface area (Å²) >= 11 is 0. The summed E-state index contributed by atoms with van der Waals surface area (Å²) in [7, 11) is -3.70. The molecular weight excluding hydrogens is 378 g/mol. The van der Waals surface area contributed by atoms with Gasteiger partial charge in [0, 0.05) is 24.2 Å². The van der Waals surface area contributed by atoms with Crippen LogP contribution in [0.15, 0.2) is 47.4 Å². The zero-order chi connectivity index (χ0) is 20.9. The highest BCUT2D eigenvalue weighted by Gasteiger charge is 2.24. The fourth-order valence-corrected chi connectivity index (χ4v) is 4.39. The topological polar surface area (TPSA) is 95.6 Å². The van der Waals surface area contributed by atoms with Gasteiger partial charge < -0.3 is 0 Å². The Morgan fingerprint density at radius 2 is 1.36 bits per heavy atom. The predicted molar refractivity (Wildman–Crippen MR) is 107 cm³/mol. The van der Waals surface area contributed by atoms with Crippen molar-refractivity contribution in [1.82, 2.24) is 15.2 Å². The molecule has 0 aliphatic carbocycles. The van der Waals surface area contributed by atoms with Gasteiger partial charge in [-0.15, -0.1) is 0 Å². The molecular formula is C20H25N3O4S. The van der Waals surface area contributed by atoms with Crippen LogP contribution in [0, 0.1) is 13.8 Å². The average Bonchev–Trinajstić information content (AvgIpc) is 2.67. The molecule has 2 aromatic rings. The first-order valence-corrected chi connectivity index (χ1v) is 10.4. The number of hydrogen-bond acceptors (Lipinski definition) is 4. The minimum Gasteiger partial charge on any atom is -0.267 e. The molecule has 150 valence electrons. The second kappa shape index (κ2) is 8.99. The normalized spacial score (nSPS) is 11.3. The maximum atomic E-state index is 12.8. The zero-order valence-electron chi connectivity index (χ0n) is 16.4. The van der Waals surface area contributed by atoms with Crippen LogP contribution in [0.4, 0.5) is 0 Å². The molecule has 0 aliphatic rings. The third-order valence-electron chi connectivity index (χ3n) is 4.38. The first kappa shape index (κ1) is 21.6. The molecule has 0 bridgehead atoms. The molecule has 0 atom stereocenters. The number of hydrogen-bond donors (Lipinski definition) is 2. The summed E-state index contributed by atoms with van der Waals surface area (Å²) in [5.41, 5.74) is 6.76. The minimum atomic E-state index is -3.70. The summed E-state index contributed by atoms with van der Waals surface area (Å²) < 4.78 is 26.9. The van der Waals surface area contributed by atoms with Crippen LogP contribution in [-0.2, 0) is 10.0 Å². The molecule has 7 nitrogen and oxygen atoms in total. The lowest BCUT2D eigenvalue weighted by Gasteiger charge is -2.20. The van der Waals surface area contributed by atoms with Crippen LogP contribution >= 0.6 is 0 Å². The number of carbonyl (C=O) groups is 2. The molecule has 0 heterocycles. The Balaban J connectivity index is 2.18. The van der Waals surface area contributed by atoms with Crippen LogP contribution in [0.2, 0.25) is 0 Å². The molecule has 2 rings (SSSR count). The van der Waals surface area contributed by atoms with Gasteiger partial charge in [0.25, 0.3) is 11.8 Å². The van der Waals surface area contributed by atoms with Crippen LogP contribution in [0.3, 0.4) is 0 Å². The van der Waals surface area contributed by atoms with E-state index >= 15 is 0 Å². The van der Waals surface area contributed by atoms with Gasteiger partial charge in [0.1, 0.15) is 0 Å². The molecule has 0 radical (unpaired) electrons. The molecule has 0 saturated heterocycles. The van der Waals surface area contributed by atoms with E-state index in [-0.39, 0.29) is 10.5 Å². The van der Waals surface area contributed by atoms with Gasteiger partial charge in [-0.3, -0.25) is 20.4 Å². The van der Waals surface area contributed by atoms with Crippen molar-refractivity contribution in [2.75, 3.05) is 13.1 Å². The highest BCUT2D eigenvalue weighted by Crippen LogP contribution is 2.21. The van der Waals surface area contributed by atoms with Crippen molar-refractivity contribution in [3.8, 4) is 0 Å². The van der Waals surface area contributed by atoms with Crippen LogP contribution < -0.4 is 10.9 Å². The summed E-state index contributed by atoms with van der Waals surface area (Å²) in [6.45, 7) is 7.77. The van der Waals surface area contributed by atoms with Gasteiger partial charge >= 0.3 is 0 Å². The Bertz CT molecular complexity index is 965. The fraction of sp³-hybridized carbons (Fsp3) is 0.300. The third-order valence-corrected chi connectivity index (χ3v) is 6.57. The Morgan fingerprint density at radius 3 is 1.89 bits per heavy atom. The highest BCUT2D eigenvalue weighted by atomic mass is 32.2. The maximum absolute atomic E-state index is 12.8. The second-order valence-corrected chi connectivity index (χ2v) is 8.25. The standard InChI is InChI=1S/C20H25N3O4S/c1-5-23(6-2)28(26,27)18-13-17(12-9-15(18)4)20(25)22-21-19(24)16-10-7-14(3)8-11-16/h7-13H,5-6H2,1-4H3,(H,21,24)(H,22,25). The van der Waals surface area contributed by atoms with Crippen molar-refractivity contribution in [3.63, 3.8) is 0 Å². The van der Waals surface area contributed by atoms with Crippen LogP contribution in [-0.4, -0.2) is 37.6 Å². The average molecular weight is 404 g/mol. The van der Waals surface area contributed by atoms with E-state index in [0.717, 1.165) is 5.56 Å². The molecule has 28 heavy (non-hydrogen) atoms. The van der Waals surface area contributed by atoms with Gasteiger partial charge in [-0.25, -0.2) is 8.42 Å². The fourth-order valence-electron chi connectivity index (χ4n) is 2.68. The zero-order valence-corrected chi connectivity index (χ0v) is 17.3. The number of rotatable bonds is 6. The van der Waals surface area contributed by atoms with Gasteiger partial charge in [0.15, 0.2) is 0 Å². The lowest BCUT2D eigenvalue weighted by molar-refractivity contribution is 0.0846. The Hall–Kier alpha value is -2.71. The van der Waals surface area contributed by atoms with E-state index in [1.807, 2.05) is 6.92 Å². The van der Waals surface area contributed by atoms with Gasteiger partial charge in [0.05, 0.1) is 4.90 Å². The molecule has 0 saturated carbocycles. The number of benzene rings is 2. The van der Waals surface area contributed by atoms with Gasteiger partial charge in [-0.1, -0.05) is 37.6 Å². The van der Waals surface area contributed by atoms with Crippen LogP contribution in [0.5, 0.6) is 0 Å². The van der Waals surface area contributed by atoms with Crippen molar-refractivity contribution in [2.45, 2.75) is 32.6 Å². The van der Waals surface area contributed by atoms with E-state index in [4.69, 9.17) is 0 Å². The lowest BCUT2D eigenvalue weighted by Crippen LogP contribution is -2.41. The molecule has 2 amide bonds. The van der Waals surface area contributed by atoms with E-state index in [0.29, 0.717) is 24.2 Å². The largest absolute Gasteiger partial charge is 0.269 e. The summed E-state index contributed by atoms with van der Waals surface area (Å²) in [4.78, 5) is 24.6. The molecule has 2 N–H and O–H groups in total. The number of nitrogens with zero attached hydrogens (tertiary/aromatic N) is 1. The van der Waals surface area contributed by atoms with Crippen molar-refractivity contribution in [1.29, 1.82) is 0 Å². The molecule has 8 heteroatoms. The van der Waals surface area contributed by atoms with Crippen molar-refractivity contribution < 1.29 is 18.0 Å². The van der Waals surface area contributed by atoms with Crippen LogP contribution in [0.25, 0.3) is 0 Å². The number of nitrogens with one attached hydrogen (secondary N) is 2. The predicted octanol–water partition coefficient (Wildman–Crippen LogP) is 2.41. The Morgan fingerprint density at radius 1 is 0.857 bits per heavy atom. The quantitative estimate of drug-likeness (QED) is 0.724. The molecule has 0 aliphatic heterocycles. The van der Waals surface area contributed by atoms with Crippen molar-refractivity contribution in [3.05, 3.63) is 64.7 Å². The van der Waals surface area contributed by atoms with Crippen LogP contribution in [0.1, 0.15) is 45.7 Å². The first-order chi connectivity index (χ1) is 13.2. The van der Waals surface area contributed by atoms with Gasteiger partial charge in [-0.2, -0.15) is 4.31 Å². The Kier molecular flexibility index (Phi) is 6.93. The molecule has 0 unspecified atom stereocenters. The number of sulfonamides is 1. The molecule has 2 aromatic carbocycles. The van der Waals surface area contributed by atoms with Crippen molar-refractivity contribution >= 4 is 21.8 Å². The third kappa shape index (κ3) is 4.76. The number of aryl methyl sites for hydroxylation is 2. The maximum Gasteiger partial charge on any atom is 0.269 e. The summed E-state index contributed by atoms with van der Waals surface area (Å²) in [5, 5.41) is 0. The summed E-state index contributed by atoms with van der Waals surface area (Å²) in [5.74, 6) is -1.06. The molecule has 0 aromatic heterocycles.